The third-order valence-corrected chi connectivity index (χ3v) is 5.90. The molecule has 0 aromatic heterocycles. The van der Waals surface area contributed by atoms with Crippen molar-refractivity contribution in [3.63, 3.8) is 0 Å². The highest BCUT2D eigenvalue weighted by Gasteiger charge is 2.25. The second-order valence-electron chi connectivity index (χ2n) is 6.53. The molecule has 0 radical (unpaired) electrons. The van der Waals surface area contributed by atoms with Gasteiger partial charge in [-0.25, -0.2) is 0 Å². The van der Waals surface area contributed by atoms with Gasteiger partial charge in [0.05, 0.1) is 5.92 Å². The van der Waals surface area contributed by atoms with Gasteiger partial charge in [-0.15, -0.1) is 0 Å². The van der Waals surface area contributed by atoms with Crippen molar-refractivity contribution < 1.29 is 9.90 Å². The Morgan fingerprint density at radius 3 is 2.62 bits per heavy atom. The number of thioether (sulfide) groups is 1. The molecule has 128 valence electrons. The lowest BCUT2D eigenvalue weighted by atomic mass is 9.86. The summed E-state index contributed by atoms with van der Waals surface area (Å²) in [7, 11) is 0. The highest BCUT2D eigenvalue weighted by molar-refractivity contribution is 7.98. The first-order chi connectivity index (χ1) is 11.7. The third kappa shape index (κ3) is 4.52. The predicted molar refractivity (Wildman–Crippen MR) is 101 cm³/mol. The second-order valence-corrected chi connectivity index (χ2v) is 7.64. The molecule has 0 spiro atoms. The summed E-state index contributed by atoms with van der Waals surface area (Å²) in [5, 5.41) is 15.3. The van der Waals surface area contributed by atoms with Gasteiger partial charge in [-0.3, -0.25) is 4.79 Å². The Balaban J connectivity index is 1.38. The topological polar surface area (TPSA) is 49.3 Å². The van der Waals surface area contributed by atoms with Crippen molar-refractivity contribution in [2.45, 2.75) is 37.5 Å². The molecule has 0 amide bonds. The number of nitrogens with one attached hydrogen (secondary N) is 1. The van der Waals surface area contributed by atoms with Crippen molar-refractivity contribution in [2.75, 3.05) is 12.3 Å². The molecule has 0 atom stereocenters. The normalized spacial score (nSPS) is 21.0. The Hall–Kier alpha value is -1.52. The lowest BCUT2D eigenvalue weighted by Gasteiger charge is -2.26. The molecule has 0 unspecified atom stereocenters. The molecule has 4 heteroatoms. The Kier molecular flexibility index (Phi) is 6.16. The fourth-order valence-electron chi connectivity index (χ4n) is 3.48. The maximum atomic E-state index is 11.0. The van der Waals surface area contributed by atoms with Crippen molar-refractivity contribution in [1.29, 1.82) is 0 Å². The van der Waals surface area contributed by atoms with E-state index in [2.05, 4.69) is 47.8 Å². The van der Waals surface area contributed by atoms with E-state index in [9.17, 15) is 4.79 Å². The van der Waals surface area contributed by atoms with Crippen LogP contribution < -0.4 is 5.32 Å². The smallest absolute Gasteiger partial charge is 0.306 e. The van der Waals surface area contributed by atoms with Crippen LogP contribution >= 0.6 is 11.8 Å². The van der Waals surface area contributed by atoms with E-state index < -0.39 is 5.97 Å². The molecular formula is C20H25NO2S. The molecule has 24 heavy (non-hydrogen) atoms. The van der Waals surface area contributed by atoms with E-state index in [0.717, 1.165) is 43.7 Å². The molecule has 0 saturated heterocycles. The number of fused-ring (bicyclic) bond motifs is 1. The maximum absolute atomic E-state index is 11.0. The van der Waals surface area contributed by atoms with Gasteiger partial charge >= 0.3 is 5.97 Å². The molecule has 1 fully saturated rings. The highest BCUT2D eigenvalue weighted by atomic mass is 32.2. The summed E-state index contributed by atoms with van der Waals surface area (Å²) < 4.78 is 0. The van der Waals surface area contributed by atoms with Crippen molar-refractivity contribution >= 4 is 28.5 Å². The SMILES string of the molecule is O=C(O)C1CCC(NCCSCc2cccc3ccccc23)CC1. The molecule has 2 aromatic rings. The lowest BCUT2D eigenvalue weighted by molar-refractivity contribution is -0.142. The van der Waals surface area contributed by atoms with Gasteiger partial charge in [0.2, 0.25) is 0 Å². The number of carboxylic acid groups (broad SMARTS) is 1. The van der Waals surface area contributed by atoms with Gasteiger partial charge in [-0.2, -0.15) is 11.8 Å². The molecule has 1 aliphatic carbocycles. The Labute approximate surface area is 147 Å². The van der Waals surface area contributed by atoms with E-state index in [0.29, 0.717) is 6.04 Å². The van der Waals surface area contributed by atoms with Gasteiger partial charge < -0.3 is 10.4 Å². The number of carboxylic acids is 1. The van der Waals surface area contributed by atoms with E-state index in [-0.39, 0.29) is 5.92 Å². The summed E-state index contributed by atoms with van der Waals surface area (Å²) in [6, 6.07) is 15.6. The van der Waals surface area contributed by atoms with Crippen LogP contribution in [0.5, 0.6) is 0 Å². The van der Waals surface area contributed by atoms with Gasteiger partial charge in [-0.1, -0.05) is 42.5 Å². The first kappa shape index (κ1) is 17.3. The molecule has 0 bridgehead atoms. The maximum Gasteiger partial charge on any atom is 0.306 e. The van der Waals surface area contributed by atoms with Gasteiger partial charge in [0.25, 0.3) is 0 Å². The summed E-state index contributed by atoms with van der Waals surface area (Å²) in [4.78, 5) is 11.0. The molecule has 0 heterocycles. The van der Waals surface area contributed by atoms with E-state index in [1.165, 1.54) is 16.3 Å². The number of hydrogen-bond donors (Lipinski definition) is 2. The fraction of sp³-hybridized carbons (Fsp3) is 0.450. The zero-order chi connectivity index (χ0) is 16.8. The largest absolute Gasteiger partial charge is 0.481 e. The first-order valence-electron chi connectivity index (χ1n) is 8.74. The van der Waals surface area contributed by atoms with Crippen LogP contribution in [-0.2, 0) is 10.5 Å². The van der Waals surface area contributed by atoms with E-state index in [1.807, 2.05) is 11.8 Å². The zero-order valence-electron chi connectivity index (χ0n) is 13.9. The predicted octanol–water partition coefficient (Wildman–Crippen LogP) is 4.31. The van der Waals surface area contributed by atoms with Crippen molar-refractivity contribution in [3.05, 3.63) is 48.0 Å². The lowest BCUT2D eigenvalue weighted by Crippen LogP contribution is -2.36. The average Bonchev–Trinajstić information content (AvgIpc) is 2.62. The van der Waals surface area contributed by atoms with Crippen LogP contribution in [0.3, 0.4) is 0 Å². The average molecular weight is 343 g/mol. The minimum atomic E-state index is -0.626. The Morgan fingerprint density at radius 1 is 1.08 bits per heavy atom. The number of rotatable bonds is 7. The van der Waals surface area contributed by atoms with Gasteiger partial charge in [-0.05, 0) is 42.0 Å². The molecule has 2 N–H and O–H groups in total. The van der Waals surface area contributed by atoms with Gasteiger partial charge in [0.15, 0.2) is 0 Å². The molecule has 1 aliphatic rings. The molecule has 3 nitrogen and oxygen atoms in total. The fourth-order valence-corrected chi connectivity index (χ4v) is 4.36. The molecule has 1 saturated carbocycles. The molecular weight excluding hydrogens is 318 g/mol. The summed E-state index contributed by atoms with van der Waals surface area (Å²) >= 11 is 1.96. The van der Waals surface area contributed by atoms with Gasteiger partial charge in [0, 0.05) is 24.1 Å². The summed E-state index contributed by atoms with van der Waals surface area (Å²) in [6.45, 7) is 0.998. The van der Waals surface area contributed by atoms with Crippen LogP contribution in [0.25, 0.3) is 10.8 Å². The Bertz CT molecular complexity index is 675. The van der Waals surface area contributed by atoms with Crippen LogP contribution in [0.2, 0.25) is 0 Å². The molecule has 0 aliphatic heterocycles. The van der Waals surface area contributed by atoms with Crippen LogP contribution in [0.4, 0.5) is 0 Å². The number of hydrogen-bond acceptors (Lipinski definition) is 3. The van der Waals surface area contributed by atoms with E-state index >= 15 is 0 Å². The molecule has 3 rings (SSSR count). The molecule has 2 aromatic carbocycles. The van der Waals surface area contributed by atoms with E-state index in [4.69, 9.17) is 5.11 Å². The Morgan fingerprint density at radius 2 is 1.83 bits per heavy atom. The quantitative estimate of drug-likeness (QED) is 0.736. The number of benzene rings is 2. The van der Waals surface area contributed by atoms with Crippen molar-refractivity contribution in [3.8, 4) is 0 Å². The van der Waals surface area contributed by atoms with Crippen molar-refractivity contribution in [2.24, 2.45) is 5.92 Å². The number of aliphatic carboxylic acids is 1. The second kappa shape index (κ2) is 8.54. The van der Waals surface area contributed by atoms with Crippen LogP contribution in [0, 0.1) is 5.92 Å². The monoisotopic (exact) mass is 343 g/mol. The van der Waals surface area contributed by atoms with E-state index in [1.54, 1.807) is 0 Å². The number of carbonyl (C=O) groups is 1. The third-order valence-electron chi connectivity index (χ3n) is 4.89. The summed E-state index contributed by atoms with van der Waals surface area (Å²) in [6.07, 6.45) is 3.61. The van der Waals surface area contributed by atoms with Crippen molar-refractivity contribution in [1.82, 2.24) is 5.32 Å². The standard InChI is InChI=1S/C20H25NO2S/c22-20(23)16-8-10-18(11-9-16)21-12-13-24-14-17-6-3-5-15-4-1-2-7-19(15)17/h1-7,16,18,21H,8-14H2,(H,22,23). The first-order valence-corrected chi connectivity index (χ1v) is 9.90. The van der Waals surface area contributed by atoms with Gasteiger partial charge in [0.1, 0.15) is 0 Å². The van der Waals surface area contributed by atoms with Crippen LogP contribution in [-0.4, -0.2) is 29.4 Å². The van der Waals surface area contributed by atoms with Crippen LogP contribution in [0.15, 0.2) is 42.5 Å². The minimum absolute atomic E-state index is 0.121. The minimum Gasteiger partial charge on any atom is -0.481 e. The highest BCUT2D eigenvalue weighted by Crippen LogP contribution is 2.25. The zero-order valence-corrected chi connectivity index (χ0v) is 14.7. The summed E-state index contributed by atoms with van der Waals surface area (Å²) in [5.41, 5.74) is 1.40. The summed E-state index contributed by atoms with van der Waals surface area (Å²) in [5.74, 6) is 1.37. The van der Waals surface area contributed by atoms with Crippen LogP contribution in [0.1, 0.15) is 31.2 Å².